The zero-order chi connectivity index (χ0) is 20.6. The van der Waals surface area contributed by atoms with Crippen LogP contribution in [0.1, 0.15) is 35.1 Å². The molecule has 0 aliphatic carbocycles. The molecule has 0 spiro atoms. The van der Waals surface area contributed by atoms with Crippen LogP contribution in [0, 0.1) is 33.6 Å². The molecule has 1 fully saturated rings. The largest absolute Gasteiger partial charge is 0.491 e. The molecule has 0 atom stereocenters. The van der Waals surface area contributed by atoms with E-state index < -0.39 is 0 Å². The van der Waals surface area contributed by atoms with Gasteiger partial charge in [0.15, 0.2) is 0 Å². The lowest BCUT2D eigenvalue weighted by Gasteiger charge is -2.27. The van der Waals surface area contributed by atoms with Crippen LogP contribution in [-0.2, 0) is 0 Å². The van der Waals surface area contributed by atoms with Gasteiger partial charge in [0.25, 0.3) is 0 Å². The molecule has 2 N–H and O–H groups in total. The fraction of sp³-hybridized carbons (Fsp3) is 0.520. The molecular formula is C25H36N2O2. The molecule has 3 rings (SSSR count). The number of piperidine rings is 1. The summed E-state index contributed by atoms with van der Waals surface area (Å²) in [6.45, 7) is 12.9. The number of rotatable bonds is 9. The lowest BCUT2D eigenvalue weighted by molar-refractivity contribution is 0.186. The van der Waals surface area contributed by atoms with E-state index in [1.165, 1.54) is 35.1 Å². The second-order valence-corrected chi connectivity index (χ2v) is 8.36. The molecule has 4 nitrogen and oxygen atoms in total. The maximum absolute atomic E-state index is 6.26. The summed E-state index contributed by atoms with van der Waals surface area (Å²) in [6.07, 6.45) is 2.46. The van der Waals surface area contributed by atoms with E-state index >= 15 is 0 Å². The predicted octanol–water partition coefficient (Wildman–Crippen LogP) is 4.34. The monoisotopic (exact) mass is 396 g/mol. The van der Waals surface area contributed by atoms with Crippen LogP contribution in [0.15, 0.2) is 36.4 Å². The molecule has 0 unspecified atom stereocenters. The summed E-state index contributed by atoms with van der Waals surface area (Å²) in [4.78, 5) is 0. The molecule has 1 aliphatic rings. The summed E-state index contributed by atoms with van der Waals surface area (Å²) in [5, 5.41) is 7.17. The summed E-state index contributed by atoms with van der Waals surface area (Å²) >= 11 is 0. The lowest BCUT2D eigenvalue weighted by atomic mass is 9.98. The maximum Gasteiger partial charge on any atom is 0.125 e. The predicted molar refractivity (Wildman–Crippen MR) is 120 cm³/mol. The highest BCUT2D eigenvalue weighted by atomic mass is 16.5. The van der Waals surface area contributed by atoms with Crippen LogP contribution >= 0.6 is 0 Å². The van der Waals surface area contributed by atoms with E-state index in [1.54, 1.807) is 0 Å². The van der Waals surface area contributed by atoms with Crippen molar-refractivity contribution in [3.8, 4) is 11.5 Å². The molecule has 2 aromatic carbocycles. The first kappa shape index (κ1) is 21.7. The second-order valence-electron chi connectivity index (χ2n) is 8.36. The van der Waals surface area contributed by atoms with Crippen molar-refractivity contribution in [2.75, 3.05) is 32.8 Å². The van der Waals surface area contributed by atoms with Crippen molar-refractivity contribution >= 4 is 0 Å². The van der Waals surface area contributed by atoms with E-state index in [4.69, 9.17) is 9.47 Å². The first-order valence-corrected chi connectivity index (χ1v) is 10.9. The fourth-order valence-corrected chi connectivity index (χ4v) is 4.01. The highest BCUT2D eigenvalue weighted by molar-refractivity contribution is 5.40. The van der Waals surface area contributed by atoms with Crippen LogP contribution in [0.2, 0.25) is 0 Å². The minimum absolute atomic E-state index is 0.142. The summed E-state index contributed by atoms with van der Waals surface area (Å²) in [6, 6.07) is 12.7. The summed E-state index contributed by atoms with van der Waals surface area (Å²) < 4.78 is 12.5. The Balaban J connectivity index is 1.63. The van der Waals surface area contributed by atoms with Crippen LogP contribution in [0.5, 0.6) is 11.5 Å². The molecule has 0 aromatic heterocycles. The van der Waals surface area contributed by atoms with Crippen LogP contribution in [-0.4, -0.2) is 38.9 Å². The lowest BCUT2D eigenvalue weighted by Crippen LogP contribution is -2.44. The van der Waals surface area contributed by atoms with Crippen LogP contribution in [0.25, 0.3) is 0 Å². The van der Waals surface area contributed by atoms with E-state index in [0.717, 1.165) is 37.1 Å². The Morgan fingerprint density at radius 3 is 1.72 bits per heavy atom. The van der Waals surface area contributed by atoms with Gasteiger partial charge in [-0.05, 0) is 88.3 Å². The number of hydrogen-bond acceptors (Lipinski definition) is 4. The number of hydrogen-bond donors (Lipinski definition) is 2. The molecule has 0 saturated carbocycles. The zero-order valence-electron chi connectivity index (χ0n) is 18.4. The third-order valence-corrected chi connectivity index (χ3v) is 5.83. The van der Waals surface area contributed by atoms with Crippen molar-refractivity contribution in [2.45, 2.75) is 46.6 Å². The van der Waals surface area contributed by atoms with E-state index in [9.17, 15) is 0 Å². The van der Waals surface area contributed by atoms with Crippen molar-refractivity contribution in [2.24, 2.45) is 5.92 Å². The van der Waals surface area contributed by atoms with E-state index in [0.29, 0.717) is 13.2 Å². The van der Waals surface area contributed by atoms with Gasteiger partial charge in [-0.25, -0.2) is 0 Å². The molecule has 1 saturated heterocycles. The average Bonchev–Trinajstić information content (AvgIpc) is 2.71. The molecule has 0 radical (unpaired) electrons. The van der Waals surface area contributed by atoms with Gasteiger partial charge in [0, 0.05) is 0 Å². The van der Waals surface area contributed by atoms with Gasteiger partial charge in [0.2, 0.25) is 0 Å². The molecule has 2 aromatic rings. The normalized spacial score (nSPS) is 14.9. The first-order chi connectivity index (χ1) is 14.0. The van der Waals surface area contributed by atoms with Crippen molar-refractivity contribution in [1.82, 2.24) is 10.6 Å². The van der Waals surface area contributed by atoms with E-state index in [-0.39, 0.29) is 6.04 Å². The van der Waals surface area contributed by atoms with Crippen LogP contribution in [0.4, 0.5) is 0 Å². The summed E-state index contributed by atoms with van der Waals surface area (Å²) in [5.41, 5.74) is 4.71. The quantitative estimate of drug-likeness (QED) is 0.662. The SMILES string of the molecule is Cc1cccc(C)c1OCC(COc1c(C)cccc1C)NCC1CCNCC1. The number of benzene rings is 2. The minimum atomic E-state index is 0.142. The van der Waals surface area contributed by atoms with Crippen molar-refractivity contribution in [3.63, 3.8) is 0 Å². The molecular weight excluding hydrogens is 360 g/mol. The Kier molecular flexibility index (Phi) is 7.96. The maximum atomic E-state index is 6.26. The topological polar surface area (TPSA) is 42.5 Å². The number of aryl methyl sites for hydroxylation is 4. The third-order valence-electron chi connectivity index (χ3n) is 5.83. The Labute approximate surface area is 176 Å². The number of para-hydroxylation sites is 2. The van der Waals surface area contributed by atoms with E-state index in [1.807, 2.05) is 0 Å². The zero-order valence-corrected chi connectivity index (χ0v) is 18.4. The molecule has 0 amide bonds. The van der Waals surface area contributed by atoms with Crippen LogP contribution in [0.3, 0.4) is 0 Å². The molecule has 0 bridgehead atoms. The smallest absolute Gasteiger partial charge is 0.125 e. The highest BCUT2D eigenvalue weighted by Crippen LogP contribution is 2.24. The number of nitrogens with one attached hydrogen (secondary N) is 2. The highest BCUT2D eigenvalue weighted by Gasteiger charge is 2.18. The Morgan fingerprint density at radius 1 is 0.828 bits per heavy atom. The molecule has 158 valence electrons. The Morgan fingerprint density at radius 2 is 1.28 bits per heavy atom. The summed E-state index contributed by atoms with van der Waals surface area (Å²) in [7, 11) is 0. The molecule has 4 heteroatoms. The van der Waals surface area contributed by atoms with Gasteiger partial charge in [-0.15, -0.1) is 0 Å². The van der Waals surface area contributed by atoms with Crippen molar-refractivity contribution in [3.05, 3.63) is 58.7 Å². The van der Waals surface area contributed by atoms with Crippen LogP contribution < -0.4 is 20.1 Å². The average molecular weight is 397 g/mol. The van der Waals surface area contributed by atoms with Gasteiger partial charge in [-0.3, -0.25) is 0 Å². The first-order valence-electron chi connectivity index (χ1n) is 10.9. The Bertz CT molecular complexity index is 688. The van der Waals surface area contributed by atoms with Gasteiger partial charge in [0.1, 0.15) is 24.7 Å². The van der Waals surface area contributed by atoms with Gasteiger partial charge < -0.3 is 20.1 Å². The molecule has 29 heavy (non-hydrogen) atoms. The fourth-order valence-electron chi connectivity index (χ4n) is 4.01. The minimum Gasteiger partial charge on any atom is -0.491 e. The van der Waals surface area contributed by atoms with E-state index in [2.05, 4.69) is 74.7 Å². The van der Waals surface area contributed by atoms with Gasteiger partial charge in [0.05, 0.1) is 6.04 Å². The standard InChI is InChI=1S/C25H36N2O2/c1-18-7-5-8-19(2)24(18)28-16-23(27-15-22-11-13-26-14-12-22)17-29-25-20(3)9-6-10-21(25)4/h5-10,22-23,26-27H,11-17H2,1-4H3. The summed E-state index contributed by atoms with van der Waals surface area (Å²) in [5.74, 6) is 2.71. The van der Waals surface area contributed by atoms with Gasteiger partial charge in [-0.2, -0.15) is 0 Å². The molecule has 1 heterocycles. The third kappa shape index (κ3) is 6.22. The second kappa shape index (κ2) is 10.7. The molecule has 1 aliphatic heterocycles. The Hall–Kier alpha value is -2.04. The number of ether oxygens (including phenoxy) is 2. The van der Waals surface area contributed by atoms with Crippen molar-refractivity contribution in [1.29, 1.82) is 0 Å². The van der Waals surface area contributed by atoms with Gasteiger partial charge in [-0.1, -0.05) is 36.4 Å². The van der Waals surface area contributed by atoms with Crippen molar-refractivity contribution < 1.29 is 9.47 Å². The van der Waals surface area contributed by atoms with Gasteiger partial charge >= 0.3 is 0 Å².